The summed E-state index contributed by atoms with van der Waals surface area (Å²) in [4.78, 5) is 0. The molecule has 0 aromatic heterocycles. The van der Waals surface area contributed by atoms with Gasteiger partial charge in [-0.2, -0.15) is 0 Å². The van der Waals surface area contributed by atoms with E-state index in [4.69, 9.17) is 14.6 Å². The molecule has 0 aliphatic carbocycles. The Labute approximate surface area is 102 Å². The van der Waals surface area contributed by atoms with Crippen molar-refractivity contribution in [3.63, 3.8) is 0 Å². The van der Waals surface area contributed by atoms with Crippen LogP contribution in [0.5, 0.6) is 0 Å². The SMILES string of the molecule is C[C@@H](CO)CC1=COC(Cc2ccccc2)O1. The first kappa shape index (κ1) is 12.0. The van der Waals surface area contributed by atoms with Crippen molar-refractivity contribution in [2.45, 2.75) is 26.1 Å². The van der Waals surface area contributed by atoms with E-state index in [-0.39, 0.29) is 18.8 Å². The largest absolute Gasteiger partial charge is 0.459 e. The van der Waals surface area contributed by atoms with Crippen molar-refractivity contribution in [1.29, 1.82) is 0 Å². The molecule has 0 bridgehead atoms. The lowest BCUT2D eigenvalue weighted by Gasteiger charge is -2.13. The molecule has 3 heteroatoms. The summed E-state index contributed by atoms with van der Waals surface area (Å²) in [5, 5.41) is 8.97. The molecular weight excluding hydrogens is 216 g/mol. The van der Waals surface area contributed by atoms with E-state index in [0.29, 0.717) is 0 Å². The Hall–Kier alpha value is -1.48. The Balaban J connectivity index is 1.81. The van der Waals surface area contributed by atoms with Crippen LogP contribution in [0.1, 0.15) is 18.9 Å². The van der Waals surface area contributed by atoms with Crippen LogP contribution in [0.4, 0.5) is 0 Å². The highest BCUT2D eigenvalue weighted by atomic mass is 16.7. The summed E-state index contributed by atoms with van der Waals surface area (Å²) in [6.07, 6.45) is 2.91. The number of hydrogen-bond acceptors (Lipinski definition) is 3. The van der Waals surface area contributed by atoms with Crippen molar-refractivity contribution >= 4 is 0 Å². The Kier molecular flexibility index (Phi) is 4.04. The lowest BCUT2D eigenvalue weighted by molar-refractivity contribution is -0.0331. The van der Waals surface area contributed by atoms with Gasteiger partial charge in [0.1, 0.15) is 12.0 Å². The summed E-state index contributed by atoms with van der Waals surface area (Å²) in [5.41, 5.74) is 1.20. The van der Waals surface area contributed by atoms with Gasteiger partial charge in [-0.25, -0.2) is 0 Å². The van der Waals surface area contributed by atoms with Crippen LogP contribution in [-0.4, -0.2) is 18.0 Å². The summed E-state index contributed by atoms with van der Waals surface area (Å²) in [6, 6.07) is 10.1. The standard InChI is InChI=1S/C14H18O3/c1-11(9-15)7-13-10-16-14(17-13)8-12-5-3-2-4-6-12/h2-6,10-11,14-15H,7-9H2,1H3/t11-,14?/m1/s1. The Morgan fingerprint density at radius 1 is 1.29 bits per heavy atom. The molecule has 0 fully saturated rings. The first-order chi connectivity index (χ1) is 8.28. The summed E-state index contributed by atoms with van der Waals surface area (Å²) in [6.45, 7) is 2.15. The maximum atomic E-state index is 8.97. The fourth-order valence-corrected chi connectivity index (χ4v) is 1.78. The summed E-state index contributed by atoms with van der Waals surface area (Å²) < 4.78 is 11.1. The number of benzene rings is 1. The van der Waals surface area contributed by atoms with Crippen LogP contribution in [0.25, 0.3) is 0 Å². The molecule has 1 aromatic rings. The van der Waals surface area contributed by atoms with Crippen molar-refractivity contribution in [3.05, 3.63) is 47.9 Å². The van der Waals surface area contributed by atoms with Crippen LogP contribution in [-0.2, 0) is 15.9 Å². The third-order valence-corrected chi connectivity index (χ3v) is 2.74. The zero-order valence-corrected chi connectivity index (χ0v) is 10.0. The molecule has 2 atom stereocenters. The third kappa shape index (κ3) is 3.49. The van der Waals surface area contributed by atoms with Crippen LogP contribution >= 0.6 is 0 Å². The Morgan fingerprint density at radius 3 is 2.76 bits per heavy atom. The normalized spacial score (nSPS) is 20.4. The van der Waals surface area contributed by atoms with E-state index in [2.05, 4.69) is 12.1 Å². The molecule has 3 nitrogen and oxygen atoms in total. The van der Waals surface area contributed by atoms with Gasteiger partial charge in [-0.05, 0) is 11.5 Å². The predicted octanol–water partition coefficient (Wildman–Crippen LogP) is 2.46. The molecule has 0 saturated carbocycles. The van der Waals surface area contributed by atoms with Gasteiger partial charge < -0.3 is 14.6 Å². The molecule has 1 aliphatic heterocycles. The molecular formula is C14H18O3. The molecule has 0 radical (unpaired) electrons. The minimum absolute atomic E-state index is 0.171. The number of allylic oxidation sites excluding steroid dienone is 1. The van der Waals surface area contributed by atoms with Crippen LogP contribution in [0.15, 0.2) is 42.4 Å². The molecule has 1 heterocycles. The smallest absolute Gasteiger partial charge is 0.244 e. The van der Waals surface area contributed by atoms with E-state index in [0.717, 1.165) is 18.6 Å². The average molecular weight is 234 g/mol. The van der Waals surface area contributed by atoms with Crippen molar-refractivity contribution < 1.29 is 14.6 Å². The molecule has 0 saturated heterocycles. The second kappa shape index (κ2) is 5.73. The molecule has 2 rings (SSSR count). The topological polar surface area (TPSA) is 38.7 Å². The van der Waals surface area contributed by atoms with Crippen LogP contribution in [0.2, 0.25) is 0 Å². The maximum absolute atomic E-state index is 8.97. The number of aliphatic hydroxyl groups is 1. The second-order valence-electron chi connectivity index (χ2n) is 4.45. The van der Waals surface area contributed by atoms with E-state index >= 15 is 0 Å². The van der Waals surface area contributed by atoms with Gasteiger partial charge in [0, 0.05) is 19.4 Å². The van der Waals surface area contributed by atoms with Crippen molar-refractivity contribution in [2.75, 3.05) is 6.61 Å². The maximum Gasteiger partial charge on any atom is 0.244 e. The first-order valence-corrected chi connectivity index (χ1v) is 5.94. The monoisotopic (exact) mass is 234 g/mol. The van der Waals surface area contributed by atoms with Crippen LogP contribution in [0.3, 0.4) is 0 Å². The van der Waals surface area contributed by atoms with Gasteiger partial charge in [0.25, 0.3) is 0 Å². The van der Waals surface area contributed by atoms with Gasteiger partial charge in [0.2, 0.25) is 6.29 Å². The molecule has 1 N–H and O–H groups in total. The van der Waals surface area contributed by atoms with Gasteiger partial charge in [-0.3, -0.25) is 0 Å². The highest BCUT2D eigenvalue weighted by Gasteiger charge is 2.20. The minimum atomic E-state index is -0.224. The third-order valence-electron chi connectivity index (χ3n) is 2.74. The van der Waals surface area contributed by atoms with E-state index in [1.807, 2.05) is 25.1 Å². The lowest BCUT2D eigenvalue weighted by atomic mass is 10.1. The molecule has 0 amide bonds. The van der Waals surface area contributed by atoms with Gasteiger partial charge in [-0.1, -0.05) is 37.3 Å². The van der Waals surface area contributed by atoms with Crippen LogP contribution < -0.4 is 0 Å². The van der Waals surface area contributed by atoms with Crippen molar-refractivity contribution in [3.8, 4) is 0 Å². The molecule has 1 unspecified atom stereocenters. The minimum Gasteiger partial charge on any atom is -0.459 e. The van der Waals surface area contributed by atoms with E-state index < -0.39 is 0 Å². The number of ether oxygens (including phenoxy) is 2. The molecule has 1 aromatic carbocycles. The number of hydrogen-bond donors (Lipinski definition) is 1. The second-order valence-corrected chi connectivity index (χ2v) is 4.45. The summed E-state index contributed by atoms with van der Waals surface area (Å²) in [7, 11) is 0. The predicted molar refractivity (Wildman–Crippen MR) is 65.1 cm³/mol. The van der Waals surface area contributed by atoms with E-state index in [1.165, 1.54) is 5.56 Å². The fourth-order valence-electron chi connectivity index (χ4n) is 1.78. The summed E-state index contributed by atoms with van der Waals surface area (Å²) in [5.74, 6) is 1.04. The molecule has 1 aliphatic rings. The first-order valence-electron chi connectivity index (χ1n) is 5.94. The zero-order chi connectivity index (χ0) is 12.1. The van der Waals surface area contributed by atoms with Gasteiger partial charge in [0.05, 0.1) is 0 Å². The molecule has 17 heavy (non-hydrogen) atoms. The quantitative estimate of drug-likeness (QED) is 0.850. The van der Waals surface area contributed by atoms with E-state index in [1.54, 1.807) is 6.26 Å². The van der Waals surface area contributed by atoms with Crippen LogP contribution in [0, 0.1) is 5.92 Å². The zero-order valence-electron chi connectivity index (χ0n) is 10.0. The average Bonchev–Trinajstić information content (AvgIpc) is 2.77. The summed E-state index contributed by atoms with van der Waals surface area (Å²) >= 11 is 0. The highest BCUT2D eigenvalue weighted by molar-refractivity contribution is 5.15. The highest BCUT2D eigenvalue weighted by Crippen LogP contribution is 2.23. The van der Waals surface area contributed by atoms with Crippen molar-refractivity contribution in [2.24, 2.45) is 5.92 Å². The Bertz CT molecular complexity index is 372. The number of rotatable bonds is 5. The van der Waals surface area contributed by atoms with E-state index in [9.17, 15) is 0 Å². The van der Waals surface area contributed by atoms with Gasteiger partial charge >= 0.3 is 0 Å². The number of aliphatic hydroxyl groups excluding tert-OH is 1. The fraction of sp³-hybridized carbons (Fsp3) is 0.429. The molecule has 92 valence electrons. The van der Waals surface area contributed by atoms with Gasteiger partial charge in [-0.15, -0.1) is 0 Å². The lowest BCUT2D eigenvalue weighted by Crippen LogP contribution is -2.13. The molecule has 0 spiro atoms. The van der Waals surface area contributed by atoms with Crippen molar-refractivity contribution in [1.82, 2.24) is 0 Å². The van der Waals surface area contributed by atoms with Gasteiger partial charge in [0.15, 0.2) is 0 Å². The Morgan fingerprint density at radius 2 is 2.06 bits per heavy atom.